The van der Waals surface area contributed by atoms with Crippen molar-refractivity contribution < 1.29 is 14.2 Å². The molecule has 3 heteroatoms. The van der Waals surface area contributed by atoms with Gasteiger partial charge in [0.1, 0.15) is 17.3 Å². The molecule has 0 aromatic heterocycles. The van der Waals surface area contributed by atoms with Gasteiger partial charge in [-0.3, -0.25) is 0 Å². The summed E-state index contributed by atoms with van der Waals surface area (Å²) in [6, 6.07) is 12.1. The second-order valence-electron chi connectivity index (χ2n) is 5.82. The van der Waals surface area contributed by atoms with E-state index in [0.717, 1.165) is 6.42 Å². The first-order chi connectivity index (χ1) is 9.94. The minimum Gasteiger partial charge on any atom is -0.457 e. The highest BCUT2D eigenvalue weighted by Gasteiger charge is 2.17. The van der Waals surface area contributed by atoms with Gasteiger partial charge in [-0.05, 0) is 47.2 Å². The van der Waals surface area contributed by atoms with Crippen LogP contribution < -0.4 is 4.74 Å². The lowest BCUT2D eigenvalue weighted by molar-refractivity contribution is 0.280. The zero-order valence-corrected chi connectivity index (χ0v) is 12.7. The lowest BCUT2D eigenvalue weighted by atomic mass is 9.82. The van der Waals surface area contributed by atoms with Crippen LogP contribution in [0.4, 0.5) is 4.39 Å². The van der Waals surface area contributed by atoms with Gasteiger partial charge in [0.05, 0.1) is 6.61 Å². The Bertz CT molecular complexity index is 603. The Kier molecular flexibility index (Phi) is 4.63. The van der Waals surface area contributed by atoms with Crippen molar-refractivity contribution in [3.05, 3.63) is 59.4 Å². The number of benzene rings is 2. The van der Waals surface area contributed by atoms with E-state index in [1.807, 2.05) is 24.3 Å². The summed E-state index contributed by atoms with van der Waals surface area (Å²) in [5.74, 6) is 0.627. The van der Waals surface area contributed by atoms with Crippen LogP contribution in [-0.2, 0) is 12.0 Å². The van der Waals surface area contributed by atoms with E-state index in [9.17, 15) is 4.39 Å². The number of ether oxygens (including phenoxy) is 1. The predicted octanol–water partition coefficient (Wildman–Crippen LogP) is 4.80. The van der Waals surface area contributed by atoms with Gasteiger partial charge in [0.25, 0.3) is 0 Å². The normalized spacial score (nSPS) is 11.5. The topological polar surface area (TPSA) is 29.5 Å². The fraction of sp³-hybridized carbons (Fsp3) is 0.333. The highest BCUT2D eigenvalue weighted by molar-refractivity contribution is 5.37. The second-order valence-corrected chi connectivity index (χ2v) is 5.82. The minimum absolute atomic E-state index is 0.126. The number of aliphatic hydroxyl groups excluding tert-OH is 1. The average molecular weight is 288 g/mol. The number of aliphatic hydroxyl groups is 1. The molecule has 0 heterocycles. The Morgan fingerprint density at radius 2 is 1.71 bits per heavy atom. The smallest absolute Gasteiger partial charge is 0.130 e. The molecule has 0 aliphatic heterocycles. The molecule has 2 rings (SSSR count). The molecule has 0 radical (unpaired) electrons. The summed E-state index contributed by atoms with van der Waals surface area (Å²) >= 11 is 0. The third-order valence-electron chi connectivity index (χ3n) is 3.87. The van der Waals surface area contributed by atoms with Gasteiger partial charge < -0.3 is 9.84 Å². The minimum atomic E-state index is -0.416. The number of hydrogen-bond donors (Lipinski definition) is 1. The first-order valence-electron chi connectivity index (χ1n) is 7.13. The van der Waals surface area contributed by atoms with Gasteiger partial charge in [-0.1, -0.05) is 32.9 Å². The lowest BCUT2D eigenvalue weighted by Crippen LogP contribution is -2.14. The number of hydrogen-bond acceptors (Lipinski definition) is 2. The van der Waals surface area contributed by atoms with Crippen molar-refractivity contribution in [2.24, 2.45) is 0 Å². The van der Waals surface area contributed by atoms with E-state index in [2.05, 4.69) is 20.8 Å². The van der Waals surface area contributed by atoms with Gasteiger partial charge in [-0.25, -0.2) is 4.39 Å². The van der Waals surface area contributed by atoms with Gasteiger partial charge in [-0.2, -0.15) is 0 Å². The third-order valence-corrected chi connectivity index (χ3v) is 3.87. The maximum Gasteiger partial charge on any atom is 0.130 e. The Morgan fingerprint density at radius 1 is 1.05 bits per heavy atom. The van der Waals surface area contributed by atoms with E-state index in [1.165, 1.54) is 17.7 Å². The molecule has 1 N–H and O–H groups in total. The van der Waals surface area contributed by atoms with Gasteiger partial charge in [0.2, 0.25) is 0 Å². The molecule has 0 saturated heterocycles. The van der Waals surface area contributed by atoms with E-state index in [-0.39, 0.29) is 12.0 Å². The van der Waals surface area contributed by atoms with E-state index >= 15 is 0 Å². The zero-order valence-electron chi connectivity index (χ0n) is 12.7. The number of halogens is 1. The molecule has 21 heavy (non-hydrogen) atoms. The van der Waals surface area contributed by atoms with Crippen LogP contribution in [0.15, 0.2) is 42.5 Å². The van der Waals surface area contributed by atoms with Crippen LogP contribution in [0.5, 0.6) is 11.5 Å². The van der Waals surface area contributed by atoms with E-state index in [0.29, 0.717) is 17.1 Å². The van der Waals surface area contributed by atoms with Crippen molar-refractivity contribution in [3.63, 3.8) is 0 Å². The Morgan fingerprint density at radius 3 is 2.29 bits per heavy atom. The van der Waals surface area contributed by atoms with Crippen LogP contribution in [0.2, 0.25) is 0 Å². The fourth-order valence-corrected chi connectivity index (χ4v) is 2.09. The monoisotopic (exact) mass is 288 g/mol. The first-order valence-corrected chi connectivity index (χ1v) is 7.13. The largest absolute Gasteiger partial charge is 0.457 e. The molecule has 0 fully saturated rings. The maximum absolute atomic E-state index is 13.4. The highest BCUT2D eigenvalue weighted by atomic mass is 19.1. The Labute approximate surface area is 125 Å². The predicted molar refractivity (Wildman–Crippen MR) is 82.2 cm³/mol. The van der Waals surface area contributed by atoms with Crippen molar-refractivity contribution in [3.8, 4) is 11.5 Å². The standard InChI is InChI=1S/C18H21FO2/c1-4-18(2,3)14-5-7-16(8-6-14)21-17-10-13(12-20)9-15(19)11-17/h5-11,20H,4,12H2,1-3H3. The van der Waals surface area contributed by atoms with E-state index < -0.39 is 5.82 Å². The molecule has 0 atom stereocenters. The fourth-order valence-electron chi connectivity index (χ4n) is 2.09. The van der Waals surface area contributed by atoms with Crippen LogP contribution in [0.3, 0.4) is 0 Å². The summed E-state index contributed by atoms with van der Waals surface area (Å²) in [4.78, 5) is 0. The van der Waals surface area contributed by atoms with Crippen molar-refractivity contribution in [1.29, 1.82) is 0 Å². The zero-order chi connectivity index (χ0) is 15.5. The van der Waals surface area contributed by atoms with Crippen LogP contribution in [0.1, 0.15) is 38.3 Å². The summed E-state index contributed by atoms with van der Waals surface area (Å²) < 4.78 is 19.0. The average Bonchev–Trinajstić information content (AvgIpc) is 2.47. The summed E-state index contributed by atoms with van der Waals surface area (Å²) in [5, 5.41) is 9.08. The van der Waals surface area contributed by atoms with Crippen LogP contribution in [0.25, 0.3) is 0 Å². The van der Waals surface area contributed by atoms with Crippen LogP contribution in [-0.4, -0.2) is 5.11 Å². The van der Waals surface area contributed by atoms with Gasteiger partial charge in [0.15, 0.2) is 0 Å². The Balaban J connectivity index is 2.19. The summed E-state index contributed by atoms with van der Waals surface area (Å²) in [6.45, 7) is 6.34. The Hall–Kier alpha value is -1.87. The molecule has 0 spiro atoms. The van der Waals surface area contributed by atoms with Gasteiger partial charge in [0, 0.05) is 6.07 Å². The molecule has 0 unspecified atom stereocenters. The van der Waals surface area contributed by atoms with E-state index in [4.69, 9.17) is 9.84 Å². The quantitative estimate of drug-likeness (QED) is 0.856. The summed E-state index contributed by atoms with van der Waals surface area (Å²) in [5.41, 5.74) is 1.86. The molecule has 112 valence electrons. The molecule has 2 aromatic rings. The molecule has 2 aromatic carbocycles. The molecule has 0 aliphatic rings. The van der Waals surface area contributed by atoms with Crippen molar-refractivity contribution in [2.45, 2.75) is 39.2 Å². The van der Waals surface area contributed by atoms with Crippen LogP contribution in [0, 0.1) is 5.82 Å². The van der Waals surface area contributed by atoms with Crippen LogP contribution >= 0.6 is 0 Å². The molecule has 0 bridgehead atoms. The van der Waals surface area contributed by atoms with Crippen molar-refractivity contribution in [2.75, 3.05) is 0 Å². The molecular formula is C18H21FO2. The third kappa shape index (κ3) is 3.82. The van der Waals surface area contributed by atoms with E-state index in [1.54, 1.807) is 6.07 Å². The first kappa shape index (κ1) is 15.5. The number of rotatable bonds is 5. The van der Waals surface area contributed by atoms with Crippen molar-refractivity contribution in [1.82, 2.24) is 0 Å². The molecule has 0 amide bonds. The summed E-state index contributed by atoms with van der Waals surface area (Å²) in [6.07, 6.45) is 1.05. The van der Waals surface area contributed by atoms with Crippen molar-refractivity contribution >= 4 is 0 Å². The molecular weight excluding hydrogens is 267 g/mol. The SMILES string of the molecule is CCC(C)(C)c1ccc(Oc2cc(F)cc(CO)c2)cc1. The molecule has 2 nitrogen and oxygen atoms in total. The summed E-state index contributed by atoms with van der Waals surface area (Å²) in [7, 11) is 0. The highest BCUT2D eigenvalue weighted by Crippen LogP contribution is 2.30. The van der Waals surface area contributed by atoms with Gasteiger partial charge in [-0.15, -0.1) is 0 Å². The maximum atomic E-state index is 13.4. The molecule has 0 saturated carbocycles. The second kappa shape index (κ2) is 6.27. The lowest BCUT2D eigenvalue weighted by Gasteiger charge is -2.23. The van der Waals surface area contributed by atoms with Gasteiger partial charge >= 0.3 is 0 Å². The molecule has 0 aliphatic carbocycles.